The Morgan fingerprint density at radius 1 is 0.921 bits per heavy atom. The van der Waals surface area contributed by atoms with E-state index < -0.39 is 6.04 Å². The van der Waals surface area contributed by atoms with E-state index in [2.05, 4.69) is 18.7 Å². The monoisotopic (exact) mass is 512 g/mol. The predicted octanol–water partition coefficient (Wildman–Crippen LogP) is 5.27. The third-order valence-corrected chi connectivity index (χ3v) is 7.17. The minimum atomic E-state index is -0.543. The minimum Gasteiger partial charge on any atom is -0.497 e. The highest BCUT2D eigenvalue weighted by Crippen LogP contribution is 2.39. The van der Waals surface area contributed by atoms with Crippen molar-refractivity contribution in [3.63, 3.8) is 0 Å². The normalized spacial score (nSPS) is 14.8. The molecular formula is C31H32N2O5. The van der Waals surface area contributed by atoms with Crippen LogP contribution in [0.15, 0.2) is 82.0 Å². The van der Waals surface area contributed by atoms with E-state index in [1.165, 1.54) is 0 Å². The Hall–Kier alpha value is -4.10. The van der Waals surface area contributed by atoms with Crippen LogP contribution in [0.2, 0.25) is 0 Å². The Morgan fingerprint density at radius 2 is 1.63 bits per heavy atom. The van der Waals surface area contributed by atoms with Crippen molar-refractivity contribution < 1.29 is 18.7 Å². The van der Waals surface area contributed by atoms with Crippen molar-refractivity contribution in [3.05, 3.63) is 105 Å². The van der Waals surface area contributed by atoms with Crippen molar-refractivity contribution in [1.29, 1.82) is 0 Å². The molecule has 1 aromatic heterocycles. The molecule has 7 nitrogen and oxygen atoms in total. The summed E-state index contributed by atoms with van der Waals surface area (Å²) < 4.78 is 17.3. The zero-order chi connectivity index (χ0) is 26.6. The zero-order valence-electron chi connectivity index (χ0n) is 22.0. The number of rotatable bonds is 10. The summed E-state index contributed by atoms with van der Waals surface area (Å²) >= 11 is 0. The van der Waals surface area contributed by atoms with Gasteiger partial charge in [0.2, 0.25) is 5.76 Å². The molecule has 0 N–H and O–H groups in total. The fourth-order valence-corrected chi connectivity index (χ4v) is 4.98. The number of carbonyl (C=O) groups excluding carboxylic acids is 1. The highest BCUT2D eigenvalue weighted by Gasteiger charge is 2.42. The Morgan fingerprint density at radius 3 is 2.32 bits per heavy atom. The molecule has 0 saturated carbocycles. The van der Waals surface area contributed by atoms with E-state index in [0.29, 0.717) is 42.0 Å². The fraction of sp³-hybridized carbons (Fsp3) is 0.290. The lowest BCUT2D eigenvalue weighted by Gasteiger charge is -2.28. The number of benzene rings is 3. The summed E-state index contributed by atoms with van der Waals surface area (Å²) in [5.74, 6) is 1.11. The predicted molar refractivity (Wildman–Crippen MR) is 147 cm³/mol. The number of hydrogen-bond donors (Lipinski definition) is 0. The lowest BCUT2D eigenvalue weighted by molar-refractivity contribution is 0.0708. The highest BCUT2D eigenvalue weighted by molar-refractivity contribution is 5.99. The van der Waals surface area contributed by atoms with Crippen molar-refractivity contribution in [1.82, 2.24) is 9.80 Å². The number of hydrogen-bond acceptors (Lipinski definition) is 6. The van der Waals surface area contributed by atoms with E-state index in [-0.39, 0.29) is 17.1 Å². The molecule has 0 radical (unpaired) electrons. The summed E-state index contributed by atoms with van der Waals surface area (Å²) in [5, 5.41) is 0.427. The molecule has 3 aromatic carbocycles. The van der Waals surface area contributed by atoms with Crippen LogP contribution in [0.4, 0.5) is 0 Å². The van der Waals surface area contributed by atoms with Gasteiger partial charge < -0.3 is 23.7 Å². The van der Waals surface area contributed by atoms with Gasteiger partial charge in [0.05, 0.1) is 24.1 Å². The average molecular weight is 513 g/mol. The van der Waals surface area contributed by atoms with Crippen LogP contribution >= 0.6 is 0 Å². The molecule has 0 aliphatic carbocycles. The molecular weight excluding hydrogens is 480 g/mol. The van der Waals surface area contributed by atoms with E-state index in [1.807, 2.05) is 54.6 Å². The summed E-state index contributed by atoms with van der Waals surface area (Å²) in [6, 6.07) is 22.1. The lowest BCUT2D eigenvalue weighted by Crippen LogP contribution is -2.37. The SMILES string of the molecule is CCN(CC)CCN1C(=O)c2oc3cc(OC)ccc3c(=O)c2C1c1ccc(OCc2ccccc2)cc1. The van der Waals surface area contributed by atoms with Crippen molar-refractivity contribution in [2.45, 2.75) is 26.5 Å². The number of amides is 1. The first-order valence-electron chi connectivity index (χ1n) is 13.0. The number of methoxy groups -OCH3 is 1. The molecule has 0 saturated heterocycles. The molecule has 1 unspecified atom stereocenters. The van der Waals surface area contributed by atoms with Crippen LogP contribution < -0.4 is 14.9 Å². The second kappa shape index (κ2) is 11.1. The van der Waals surface area contributed by atoms with Crippen LogP contribution in [-0.2, 0) is 6.61 Å². The van der Waals surface area contributed by atoms with Crippen LogP contribution in [0.1, 0.15) is 47.1 Å². The second-order valence-corrected chi connectivity index (χ2v) is 9.31. The molecule has 0 bridgehead atoms. The van der Waals surface area contributed by atoms with E-state index in [1.54, 1.807) is 30.2 Å². The van der Waals surface area contributed by atoms with Gasteiger partial charge in [0, 0.05) is 19.2 Å². The third-order valence-electron chi connectivity index (χ3n) is 7.17. The van der Waals surface area contributed by atoms with Gasteiger partial charge in [-0.05, 0) is 48.5 Å². The molecule has 1 aliphatic heterocycles. The van der Waals surface area contributed by atoms with Gasteiger partial charge in [0.15, 0.2) is 5.43 Å². The average Bonchev–Trinajstić information content (AvgIpc) is 3.24. The van der Waals surface area contributed by atoms with E-state index >= 15 is 0 Å². The Bertz CT molecular complexity index is 1480. The maximum Gasteiger partial charge on any atom is 0.290 e. The van der Waals surface area contributed by atoms with Crippen LogP contribution in [0.5, 0.6) is 11.5 Å². The largest absolute Gasteiger partial charge is 0.497 e. The molecule has 5 rings (SSSR count). The fourth-order valence-electron chi connectivity index (χ4n) is 4.98. The van der Waals surface area contributed by atoms with Crippen molar-refractivity contribution in [2.75, 3.05) is 33.3 Å². The van der Waals surface area contributed by atoms with Gasteiger partial charge in [0.25, 0.3) is 5.91 Å². The first-order chi connectivity index (χ1) is 18.5. The van der Waals surface area contributed by atoms with Gasteiger partial charge in [-0.2, -0.15) is 0 Å². The molecule has 38 heavy (non-hydrogen) atoms. The first kappa shape index (κ1) is 25.5. The molecule has 1 aliphatic rings. The number of nitrogens with zero attached hydrogens (tertiary/aromatic N) is 2. The first-order valence-corrected chi connectivity index (χ1v) is 13.0. The maximum atomic E-state index is 13.8. The molecule has 1 atom stereocenters. The third kappa shape index (κ3) is 4.89. The maximum absolute atomic E-state index is 13.8. The van der Waals surface area contributed by atoms with Gasteiger partial charge in [-0.1, -0.05) is 56.3 Å². The second-order valence-electron chi connectivity index (χ2n) is 9.31. The Labute approximate surface area is 222 Å². The van der Waals surface area contributed by atoms with Crippen molar-refractivity contribution in [2.24, 2.45) is 0 Å². The minimum absolute atomic E-state index is 0.102. The number of ether oxygens (including phenoxy) is 2. The van der Waals surface area contributed by atoms with Crippen LogP contribution in [0, 0.1) is 0 Å². The number of carbonyl (C=O) groups is 1. The van der Waals surface area contributed by atoms with Gasteiger partial charge >= 0.3 is 0 Å². The van der Waals surface area contributed by atoms with E-state index in [9.17, 15) is 9.59 Å². The molecule has 2 heterocycles. The summed E-state index contributed by atoms with van der Waals surface area (Å²) in [6.45, 7) is 7.58. The summed E-state index contributed by atoms with van der Waals surface area (Å²) in [4.78, 5) is 31.4. The number of likely N-dealkylation sites (N-methyl/N-ethyl adjacent to an activating group) is 1. The topological polar surface area (TPSA) is 72.2 Å². The quantitative estimate of drug-likeness (QED) is 0.288. The summed E-state index contributed by atoms with van der Waals surface area (Å²) in [6.07, 6.45) is 0. The molecule has 7 heteroatoms. The molecule has 1 amide bonds. The molecule has 196 valence electrons. The number of fused-ring (bicyclic) bond motifs is 2. The summed E-state index contributed by atoms with van der Waals surface area (Å²) in [7, 11) is 1.55. The summed E-state index contributed by atoms with van der Waals surface area (Å²) in [5.41, 5.74) is 2.44. The van der Waals surface area contributed by atoms with Gasteiger partial charge in [-0.15, -0.1) is 0 Å². The molecule has 0 fully saturated rings. The molecule has 0 spiro atoms. The van der Waals surface area contributed by atoms with Crippen molar-refractivity contribution in [3.8, 4) is 11.5 Å². The Kier molecular flexibility index (Phi) is 7.47. The van der Waals surface area contributed by atoms with Gasteiger partial charge in [-0.3, -0.25) is 9.59 Å². The zero-order valence-corrected chi connectivity index (χ0v) is 22.0. The van der Waals surface area contributed by atoms with Crippen LogP contribution in [0.3, 0.4) is 0 Å². The highest BCUT2D eigenvalue weighted by atomic mass is 16.5. The van der Waals surface area contributed by atoms with Crippen molar-refractivity contribution >= 4 is 16.9 Å². The smallest absolute Gasteiger partial charge is 0.290 e. The van der Waals surface area contributed by atoms with Gasteiger partial charge in [-0.25, -0.2) is 0 Å². The van der Waals surface area contributed by atoms with Crippen LogP contribution in [0.25, 0.3) is 11.0 Å². The Balaban J connectivity index is 1.51. The van der Waals surface area contributed by atoms with E-state index in [4.69, 9.17) is 13.9 Å². The van der Waals surface area contributed by atoms with Gasteiger partial charge in [0.1, 0.15) is 23.7 Å². The lowest BCUT2D eigenvalue weighted by atomic mass is 9.98. The van der Waals surface area contributed by atoms with E-state index in [0.717, 1.165) is 30.0 Å². The van der Waals surface area contributed by atoms with Crippen LogP contribution in [-0.4, -0.2) is 49.0 Å². The standard InChI is InChI=1S/C31H32N2O5/c1-4-32(5-2)17-18-33-28(22-11-13-23(14-12-22)37-20-21-9-7-6-8-10-21)27-29(34)25-16-15-24(36-3)19-26(25)38-30(27)31(33)35/h6-16,19,28H,4-5,17-18,20H2,1-3H3. The molecule has 4 aromatic rings.